The average Bonchev–Trinajstić information content (AvgIpc) is 3.59. The molecule has 5 rings (SSSR count). The third-order valence-corrected chi connectivity index (χ3v) is 4.75. The summed E-state index contributed by atoms with van der Waals surface area (Å²) in [5.41, 5.74) is 5.19. The molecule has 0 unspecified atom stereocenters. The van der Waals surface area contributed by atoms with Crippen LogP contribution in [0.5, 0.6) is 0 Å². The number of carbonyl (C=O) groups is 1. The number of aromatic nitrogens is 5. The van der Waals surface area contributed by atoms with Crippen LogP contribution in [-0.4, -0.2) is 42.2 Å². The van der Waals surface area contributed by atoms with Gasteiger partial charge in [0.2, 0.25) is 0 Å². The summed E-state index contributed by atoms with van der Waals surface area (Å²) < 4.78 is 1.68. The number of hydrogen-bond donors (Lipinski definition) is 2. The first kappa shape index (κ1) is 29.1. The lowest BCUT2D eigenvalue weighted by molar-refractivity contribution is -0.112. The van der Waals surface area contributed by atoms with Crippen molar-refractivity contribution >= 4 is 45.5 Å². The molecule has 3 N–H and O–H groups in total. The number of halogens is 2. The van der Waals surface area contributed by atoms with Crippen LogP contribution >= 0.6 is 23.2 Å². The number of nitrogens with one attached hydrogen (secondary N) is 1. The van der Waals surface area contributed by atoms with E-state index >= 15 is 0 Å². The molecular formula is C25H27Cl2N9O. The third kappa shape index (κ3) is 11.4. The van der Waals surface area contributed by atoms with Crippen molar-refractivity contribution in [3.63, 3.8) is 0 Å². The fourth-order valence-corrected chi connectivity index (χ4v) is 2.82. The number of nitrogens with two attached hydrogens (primary N) is 1. The number of carbonyl (C=O) groups excluding carboxylic acids is 1. The highest BCUT2D eigenvalue weighted by molar-refractivity contribution is 6.65. The van der Waals surface area contributed by atoms with E-state index in [4.69, 9.17) is 29.0 Å². The van der Waals surface area contributed by atoms with Gasteiger partial charge in [0.1, 0.15) is 5.17 Å². The first-order valence-electron chi connectivity index (χ1n) is 10.9. The van der Waals surface area contributed by atoms with E-state index in [-0.39, 0.29) is 5.78 Å². The van der Waals surface area contributed by atoms with Crippen molar-refractivity contribution < 1.29 is 4.79 Å². The second-order valence-corrected chi connectivity index (χ2v) is 7.88. The Hall–Kier alpha value is -4.12. The maximum absolute atomic E-state index is 9.69. The van der Waals surface area contributed by atoms with Gasteiger partial charge in [-0.05, 0) is 55.5 Å². The normalized spacial score (nSPS) is 11.4. The molecule has 0 radical (unpaired) electrons. The number of allylic oxidation sites excluding steroid dienone is 1. The molecule has 37 heavy (non-hydrogen) atoms. The van der Waals surface area contributed by atoms with Gasteiger partial charge in [-0.15, -0.1) is 0 Å². The number of rotatable bonds is 4. The quantitative estimate of drug-likeness (QED) is 0.213. The number of hydrazone groups is 1. The molecule has 0 saturated heterocycles. The van der Waals surface area contributed by atoms with Crippen molar-refractivity contribution in [3.05, 3.63) is 104 Å². The molecule has 0 atom stereocenters. The molecule has 0 bridgehead atoms. The Morgan fingerprint density at radius 2 is 1.59 bits per heavy atom. The van der Waals surface area contributed by atoms with Crippen LogP contribution in [0.15, 0.2) is 104 Å². The molecule has 4 aromatic heterocycles. The summed E-state index contributed by atoms with van der Waals surface area (Å²) in [5, 5.41) is 11.2. The highest BCUT2D eigenvalue weighted by atomic mass is 35.5. The molecular weight excluding hydrogens is 513 g/mol. The Kier molecular flexibility index (Phi) is 13.0. The molecule has 0 aliphatic carbocycles. The van der Waals surface area contributed by atoms with Gasteiger partial charge in [0.05, 0.1) is 35.7 Å². The van der Waals surface area contributed by atoms with Crippen LogP contribution in [0.2, 0.25) is 5.15 Å². The Morgan fingerprint density at radius 1 is 1.00 bits per heavy atom. The minimum absolute atomic E-state index is 0.0185. The molecule has 0 aromatic carbocycles. The molecule has 5 heterocycles. The van der Waals surface area contributed by atoms with Crippen molar-refractivity contribution in [1.29, 1.82) is 0 Å². The summed E-state index contributed by atoms with van der Waals surface area (Å²) in [6, 6.07) is 13.0. The van der Waals surface area contributed by atoms with E-state index in [1.807, 2.05) is 41.4 Å². The fourth-order valence-electron chi connectivity index (χ4n) is 2.51. The number of nitrogen functional groups attached to an aromatic ring is 1. The van der Waals surface area contributed by atoms with E-state index in [1.54, 1.807) is 54.1 Å². The summed E-state index contributed by atoms with van der Waals surface area (Å²) in [6.07, 6.45) is 14.2. The summed E-state index contributed by atoms with van der Waals surface area (Å²) in [5.74, 6) is 5.08. The predicted molar refractivity (Wildman–Crippen MR) is 149 cm³/mol. The van der Waals surface area contributed by atoms with E-state index in [2.05, 4.69) is 37.2 Å². The smallest absolute Gasteiger partial charge is 0.152 e. The van der Waals surface area contributed by atoms with Crippen molar-refractivity contribution in [2.24, 2.45) is 10.9 Å². The molecule has 4 aromatic rings. The van der Waals surface area contributed by atoms with Crippen LogP contribution in [0.1, 0.15) is 13.3 Å². The second kappa shape index (κ2) is 16.5. The van der Waals surface area contributed by atoms with Gasteiger partial charge in [0.15, 0.2) is 10.9 Å². The van der Waals surface area contributed by atoms with Crippen molar-refractivity contribution in [2.75, 3.05) is 17.0 Å². The summed E-state index contributed by atoms with van der Waals surface area (Å²) in [7, 11) is 0. The average molecular weight is 540 g/mol. The lowest BCUT2D eigenvalue weighted by Gasteiger charge is -2.11. The zero-order valence-electron chi connectivity index (χ0n) is 20.2. The van der Waals surface area contributed by atoms with Gasteiger partial charge in [0, 0.05) is 37.8 Å². The zero-order chi connectivity index (χ0) is 26.9. The first-order chi connectivity index (χ1) is 17.9. The highest BCUT2D eigenvalue weighted by Crippen LogP contribution is 2.18. The largest absolute Gasteiger partial charge is 0.323 e. The van der Waals surface area contributed by atoms with Crippen LogP contribution in [0.4, 0.5) is 11.4 Å². The second-order valence-electron chi connectivity index (χ2n) is 7.06. The molecule has 0 amide bonds. The van der Waals surface area contributed by atoms with E-state index in [9.17, 15) is 4.79 Å². The van der Waals surface area contributed by atoms with Gasteiger partial charge in [-0.25, -0.2) is 4.68 Å². The fraction of sp³-hybridized carbons (Fsp3) is 0.120. The van der Waals surface area contributed by atoms with Crippen LogP contribution in [0, 0.1) is 0 Å². The van der Waals surface area contributed by atoms with E-state index in [0.29, 0.717) is 10.3 Å². The Labute approximate surface area is 225 Å². The number of ketones is 1. The Bertz CT molecular complexity index is 1240. The third-order valence-electron chi connectivity index (χ3n) is 4.29. The summed E-state index contributed by atoms with van der Waals surface area (Å²) in [6.45, 7) is 5.53. The minimum atomic E-state index is 0.0185. The molecule has 0 spiro atoms. The lowest BCUT2D eigenvalue weighted by atomic mass is 10.4. The minimum Gasteiger partial charge on any atom is -0.323 e. The molecule has 0 fully saturated rings. The molecule has 0 saturated carbocycles. The number of hydrogen-bond acceptors (Lipinski definition) is 9. The molecule has 1 aliphatic rings. The van der Waals surface area contributed by atoms with Gasteiger partial charge < -0.3 is 5.43 Å². The first-order valence-corrected chi connectivity index (χ1v) is 11.7. The highest BCUT2D eigenvalue weighted by Gasteiger charge is 2.13. The molecule has 192 valence electrons. The SMILES string of the molecule is C=CC(C)=O.ClC1=NN(c2cccnc2)CC1.Clc1ccn(-c2cccnc2)n1.NNc1cccnc1. The van der Waals surface area contributed by atoms with Gasteiger partial charge >= 0.3 is 0 Å². The van der Waals surface area contributed by atoms with Crippen LogP contribution in [0.3, 0.4) is 0 Å². The van der Waals surface area contributed by atoms with Crippen molar-refractivity contribution in [1.82, 2.24) is 24.7 Å². The maximum atomic E-state index is 9.69. The zero-order valence-corrected chi connectivity index (χ0v) is 21.7. The lowest BCUT2D eigenvalue weighted by Crippen LogP contribution is -2.11. The summed E-state index contributed by atoms with van der Waals surface area (Å²) in [4.78, 5) is 21.5. The Morgan fingerprint density at radius 3 is 1.97 bits per heavy atom. The van der Waals surface area contributed by atoms with Crippen LogP contribution in [0.25, 0.3) is 5.69 Å². The Balaban J connectivity index is 0.000000183. The molecule has 12 heteroatoms. The molecule has 1 aliphatic heterocycles. The molecule has 10 nitrogen and oxygen atoms in total. The van der Waals surface area contributed by atoms with Crippen LogP contribution < -0.4 is 16.3 Å². The standard InChI is InChI=1S/C8H8ClN3.C8H6ClN3.C5H7N3.C4H6O/c2*9-8-3-5-12(11-8)7-2-1-4-10-6-7;6-8-5-2-1-3-7-4-5;1-3-4(2)5/h1-2,4,6H,3,5H2;1-6H;1-4,8H,6H2;3H,1H2,2H3. The van der Waals surface area contributed by atoms with Crippen molar-refractivity contribution in [3.8, 4) is 5.69 Å². The van der Waals surface area contributed by atoms with E-state index in [0.717, 1.165) is 30.0 Å². The number of nitrogens with zero attached hydrogens (tertiary/aromatic N) is 7. The number of anilines is 2. The topological polar surface area (TPSA) is 127 Å². The predicted octanol–water partition coefficient (Wildman–Crippen LogP) is 4.89. The monoisotopic (exact) mass is 539 g/mol. The van der Waals surface area contributed by atoms with Gasteiger partial charge in [-0.1, -0.05) is 29.8 Å². The van der Waals surface area contributed by atoms with Gasteiger partial charge in [-0.3, -0.25) is 30.6 Å². The van der Waals surface area contributed by atoms with Crippen molar-refractivity contribution in [2.45, 2.75) is 13.3 Å². The van der Waals surface area contributed by atoms with E-state index < -0.39 is 0 Å². The maximum Gasteiger partial charge on any atom is 0.152 e. The van der Waals surface area contributed by atoms with Gasteiger partial charge in [-0.2, -0.15) is 10.2 Å². The number of hydrazine groups is 1. The summed E-state index contributed by atoms with van der Waals surface area (Å²) >= 11 is 11.4. The van der Waals surface area contributed by atoms with Crippen LogP contribution in [-0.2, 0) is 4.79 Å². The van der Waals surface area contributed by atoms with Gasteiger partial charge in [0.25, 0.3) is 0 Å². The van der Waals surface area contributed by atoms with E-state index in [1.165, 1.54) is 13.0 Å². The number of pyridine rings is 3.